The third-order valence-corrected chi connectivity index (χ3v) is 4.66. The van der Waals surface area contributed by atoms with Gasteiger partial charge in [0.2, 0.25) is 11.1 Å². The zero-order valence-corrected chi connectivity index (χ0v) is 15.3. The lowest BCUT2D eigenvalue weighted by Gasteiger charge is -2.10. The van der Waals surface area contributed by atoms with E-state index in [9.17, 15) is 4.79 Å². The first-order valence-electron chi connectivity index (χ1n) is 8.06. The quantitative estimate of drug-likeness (QED) is 0.622. The SMILES string of the molecule is COc1ccc(CNC(=O)C(C)Sc2n[nH]c(-c3ccncc3)n2)cc1. The maximum Gasteiger partial charge on any atom is 0.233 e. The van der Waals surface area contributed by atoms with Crippen molar-refractivity contribution in [1.29, 1.82) is 0 Å². The molecule has 1 aromatic carbocycles. The van der Waals surface area contributed by atoms with Gasteiger partial charge in [-0.1, -0.05) is 23.9 Å². The second-order valence-corrected chi connectivity index (χ2v) is 6.84. The summed E-state index contributed by atoms with van der Waals surface area (Å²) in [5, 5.41) is 10.2. The fourth-order valence-electron chi connectivity index (χ4n) is 2.23. The van der Waals surface area contributed by atoms with Gasteiger partial charge >= 0.3 is 0 Å². The van der Waals surface area contributed by atoms with Gasteiger partial charge in [-0.3, -0.25) is 14.9 Å². The molecule has 3 rings (SSSR count). The molecule has 134 valence electrons. The molecule has 1 atom stereocenters. The number of thioether (sulfide) groups is 1. The Hall–Kier alpha value is -2.87. The van der Waals surface area contributed by atoms with Crippen molar-refractivity contribution in [2.24, 2.45) is 0 Å². The van der Waals surface area contributed by atoms with Crippen molar-refractivity contribution >= 4 is 17.7 Å². The molecular formula is C18H19N5O2S. The minimum atomic E-state index is -0.311. The number of nitrogens with zero attached hydrogens (tertiary/aromatic N) is 3. The molecule has 0 saturated heterocycles. The van der Waals surface area contributed by atoms with Gasteiger partial charge in [-0.15, -0.1) is 5.10 Å². The highest BCUT2D eigenvalue weighted by atomic mass is 32.2. The Labute approximate surface area is 155 Å². The zero-order valence-electron chi connectivity index (χ0n) is 14.5. The van der Waals surface area contributed by atoms with Crippen LogP contribution in [0.3, 0.4) is 0 Å². The van der Waals surface area contributed by atoms with Crippen LogP contribution in [0.4, 0.5) is 0 Å². The molecule has 8 heteroatoms. The summed E-state index contributed by atoms with van der Waals surface area (Å²) >= 11 is 1.31. The van der Waals surface area contributed by atoms with Crippen molar-refractivity contribution < 1.29 is 9.53 Å². The topological polar surface area (TPSA) is 92.8 Å². The zero-order chi connectivity index (χ0) is 18.4. The minimum Gasteiger partial charge on any atom is -0.497 e. The van der Waals surface area contributed by atoms with Gasteiger partial charge in [0.25, 0.3) is 0 Å². The number of pyridine rings is 1. The number of methoxy groups -OCH3 is 1. The van der Waals surface area contributed by atoms with E-state index in [1.807, 2.05) is 43.3 Å². The van der Waals surface area contributed by atoms with Gasteiger partial charge < -0.3 is 10.1 Å². The van der Waals surface area contributed by atoms with Crippen LogP contribution >= 0.6 is 11.8 Å². The van der Waals surface area contributed by atoms with Crippen LogP contribution in [0, 0.1) is 0 Å². The Bertz CT molecular complexity index is 852. The van der Waals surface area contributed by atoms with Gasteiger partial charge in [-0.2, -0.15) is 0 Å². The number of hydrogen-bond donors (Lipinski definition) is 2. The summed E-state index contributed by atoms with van der Waals surface area (Å²) in [4.78, 5) is 20.7. The Kier molecular flexibility index (Phi) is 5.85. The first-order chi connectivity index (χ1) is 12.7. The van der Waals surface area contributed by atoms with Crippen molar-refractivity contribution in [1.82, 2.24) is 25.5 Å². The van der Waals surface area contributed by atoms with Crippen molar-refractivity contribution in [2.75, 3.05) is 7.11 Å². The van der Waals surface area contributed by atoms with Crippen LogP contribution in [0.15, 0.2) is 53.9 Å². The summed E-state index contributed by atoms with van der Waals surface area (Å²) in [5.41, 5.74) is 1.91. The van der Waals surface area contributed by atoms with E-state index >= 15 is 0 Å². The molecule has 0 saturated carbocycles. The number of amides is 1. The molecule has 0 aliphatic rings. The fourth-order valence-corrected chi connectivity index (χ4v) is 2.97. The Morgan fingerprint density at radius 2 is 1.96 bits per heavy atom. The third kappa shape index (κ3) is 4.60. The normalized spacial score (nSPS) is 11.8. The Morgan fingerprint density at radius 3 is 2.65 bits per heavy atom. The standard InChI is InChI=1S/C18H19N5O2S/c1-12(17(24)20-11-13-3-5-15(25-2)6-4-13)26-18-21-16(22-23-18)14-7-9-19-10-8-14/h3-10,12H,11H2,1-2H3,(H,20,24)(H,21,22,23). The first-order valence-corrected chi connectivity index (χ1v) is 8.94. The van der Waals surface area contributed by atoms with E-state index < -0.39 is 0 Å². The van der Waals surface area contributed by atoms with Crippen LogP contribution in [0.5, 0.6) is 5.75 Å². The van der Waals surface area contributed by atoms with Gasteiger partial charge in [0.05, 0.1) is 12.4 Å². The van der Waals surface area contributed by atoms with Crippen LogP contribution in [0.25, 0.3) is 11.4 Å². The van der Waals surface area contributed by atoms with Crippen molar-refractivity contribution in [2.45, 2.75) is 23.9 Å². The van der Waals surface area contributed by atoms with E-state index in [2.05, 4.69) is 25.5 Å². The van der Waals surface area contributed by atoms with Gasteiger partial charge in [0.1, 0.15) is 5.75 Å². The molecule has 2 N–H and O–H groups in total. The number of nitrogens with one attached hydrogen (secondary N) is 2. The molecule has 26 heavy (non-hydrogen) atoms. The van der Waals surface area contributed by atoms with Crippen molar-refractivity contribution in [3.8, 4) is 17.1 Å². The van der Waals surface area contributed by atoms with E-state index in [0.717, 1.165) is 16.9 Å². The van der Waals surface area contributed by atoms with Crippen LogP contribution in [-0.2, 0) is 11.3 Å². The first kappa shape index (κ1) is 17.9. The van der Waals surface area contributed by atoms with Crippen LogP contribution < -0.4 is 10.1 Å². The van der Waals surface area contributed by atoms with E-state index in [4.69, 9.17) is 4.74 Å². The number of aromatic nitrogens is 4. The van der Waals surface area contributed by atoms with Gasteiger partial charge in [-0.05, 0) is 36.8 Å². The number of aromatic amines is 1. The predicted molar refractivity (Wildman–Crippen MR) is 99.8 cm³/mol. The number of ether oxygens (including phenoxy) is 1. The van der Waals surface area contributed by atoms with Gasteiger partial charge in [0.15, 0.2) is 5.82 Å². The molecule has 7 nitrogen and oxygen atoms in total. The fraction of sp³-hybridized carbons (Fsp3) is 0.222. The lowest BCUT2D eigenvalue weighted by Crippen LogP contribution is -2.30. The molecule has 0 bridgehead atoms. The molecule has 0 fully saturated rings. The highest BCUT2D eigenvalue weighted by molar-refractivity contribution is 8.00. The highest BCUT2D eigenvalue weighted by Gasteiger charge is 2.17. The van der Waals surface area contributed by atoms with Crippen LogP contribution in [0.1, 0.15) is 12.5 Å². The molecule has 2 heterocycles. The molecule has 0 radical (unpaired) electrons. The summed E-state index contributed by atoms with van der Waals surface area (Å²) in [6.07, 6.45) is 3.39. The largest absolute Gasteiger partial charge is 0.497 e. The number of carbonyl (C=O) groups excluding carboxylic acids is 1. The second-order valence-electron chi connectivity index (χ2n) is 5.53. The van der Waals surface area contributed by atoms with E-state index in [-0.39, 0.29) is 11.2 Å². The van der Waals surface area contributed by atoms with E-state index in [0.29, 0.717) is 17.5 Å². The predicted octanol–water partition coefficient (Wildman–Crippen LogP) is 2.67. The summed E-state index contributed by atoms with van der Waals surface area (Å²) in [7, 11) is 1.62. The summed E-state index contributed by atoms with van der Waals surface area (Å²) in [6, 6.07) is 11.3. The average Bonchev–Trinajstić information content (AvgIpc) is 3.15. The van der Waals surface area contributed by atoms with E-state index in [1.54, 1.807) is 19.5 Å². The minimum absolute atomic E-state index is 0.0684. The lowest BCUT2D eigenvalue weighted by atomic mass is 10.2. The summed E-state index contributed by atoms with van der Waals surface area (Å²) in [5.74, 6) is 1.38. The Balaban J connectivity index is 1.53. The maximum atomic E-state index is 12.3. The Morgan fingerprint density at radius 1 is 1.23 bits per heavy atom. The lowest BCUT2D eigenvalue weighted by molar-refractivity contribution is -0.120. The molecule has 2 aromatic heterocycles. The summed E-state index contributed by atoms with van der Waals surface area (Å²) in [6.45, 7) is 2.29. The van der Waals surface area contributed by atoms with E-state index in [1.165, 1.54) is 11.8 Å². The monoisotopic (exact) mass is 369 g/mol. The molecule has 0 aliphatic carbocycles. The van der Waals surface area contributed by atoms with Gasteiger partial charge in [-0.25, -0.2) is 4.98 Å². The second kappa shape index (κ2) is 8.48. The number of benzene rings is 1. The van der Waals surface area contributed by atoms with Crippen molar-refractivity contribution in [3.05, 3.63) is 54.4 Å². The molecule has 3 aromatic rings. The molecule has 0 spiro atoms. The molecular weight excluding hydrogens is 350 g/mol. The third-order valence-electron chi connectivity index (χ3n) is 3.70. The number of carbonyl (C=O) groups is 1. The smallest absolute Gasteiger partial charge is 0.233 e. The molecule has 1 amide bonds. The summed E-state index contributed by atoms with van der Waals surface area (Å²) < 4.78 is 5.12. The van der Waals surface area contributed by atoms with Gasteiger partial charge in [0, 0.05) is 24.5 Å². The average molecular weight is 369 g/mol. The number of hydrogen-bond acceptors (Lipinski definition) is 6. The van der Waals surface area contributed by atoms with Crippen LogP contribution in [-0.4, -0.2) is 38.4 Å². The molecule has 0 aliphatic heterocycles. The van der Waals surface area contributed by atoms with Crippen molar-refractivity contribution in [3.63, 3.8) is 0 Å². The molecule has 1 unspecified atom stereocenters. The number of H-pyrrole nitrogens is 1. The number of rotatable bonds is 7. The maximum absolute atomic E-state index is 12.3. The van der Waals surface area contributed by atoms with Crippen LogP contribution in [0.2, 0.25) is 0 Å². The highest BCUT2D eigenvalue weighted by Crippen LogP contribution is 2.22.